The smallest absolute Gasteiger partial charge is 0.305 e. The highest BCUT2D eigenvalue weighted by molar-refractivity contribution is 5.87. The van der Waals surface area contributed by atoms with Crippen LogP contribution >= 0.6 is 0 Å². The lowest BCUT2D eigenvalue weighted by Crippen LogP contribution is -2.49. The average molecular weight is 233 g/mol. The zero-order valence-electron chi connectivity index (χ0n) is 9.44. The van der Waals surface area contributed by atoms with Gasteiger partial charge in [0.05, 0.1) is 29.5 Å². The van der Waals surface area contributed by atoms with Crippen molar-refractivity contribution in [1.82, 2.24) is 0 Å². The van der Waals surface area contributed by atoms with Gasteiger partial charge in [0.2, 0.25) is 0 Å². The van der Waals surface area contributed by atoms with E-state index < -0.39 is 5.97 Å². The van der Waals surface area contributed by atoms with E-state index in [0.29, 0.717) is 6.54 Å². The largest absolute Gasteiger partial charge is 0.481 e. The predicted octanol–water partition coefficient (Wildman–Crippen LogP) is 1.19. The molecule has 17 heavy (non-hydrogen) atoms. The number of aliphatic carboxylic acids is 1. The number of hydrogen-bond acceptors (Lipinski definition) is 4. The molecule has 0 aliphatic carbocycles. The van der Waals surface area contributed by atoms with Crippen molar-refractivity contribution in [3.8, 4) is 0 Å². The van der Waals surface area contributed by atoms with E-state index in [9.17, 15) is 4.79 Å². The summed E-state index contributed by atoms with van der Waals surface area (Å²) in [6.45, 7) is 2.43. The van der Waals surface area contributed by atoms with Crippen LogP contribution in [-0.4, -0.2) is 36.8 Å². The monoisotopic (exact) mass is 233 g/mol. The van der Waals surface area contributed by atoms with Crippen LogP contribution in [0, 0.1) is 0 Å². The van der Waals surface area contributed by atoms with Gasteiger partial charge in [-0.15, -0.1) is 0 Å². The summed E-state index contributed by atoms with van der Waals surface area (Å²) in [5.74, 6) is -0.740. The SMILES string of the molecule is O=C(O)CC1CNc2cccc3c2N1CCN3. The van der Waals surface area contributed by atoms with Gasteiger partial charge in [-0.3, -0.25) is 4.79 Å². The first-order chi connectivity index (χ1) is 8.25. The van der Waals surface area contributed by atoms with Crippen LogP contribution < -0.4 is 15.5 Å². The highest BCUT2D eigenvalue weighted by Crippen LogP contribution is 2.40. The van der Waals surface area contributed by atoms with Gasteiger partial charge in [-0.25, -0.2) is 0 Å². The molecule has 2 heterocycles. The Morgan fingerprint density at radius 3 is 2.94 bits per heavy atom. The van der Waals surface area contributed by atoms with Crippen LogP contribution in [0.3, 0.4) is 0 Å². The van der Waals surface area contributed by atoms with Crippen LogP contribution in [0.5, 0.6) is 0 Å². The molecular formula is C12H15N3O2. The summed E-state index contributed by atoms with van der Waals surface area (Å²) >= 11 is 0. The molecule has 0 saturated heterocycles. The van der Waals surface area contributed by atoms with E-state index in [0.717, 1.165) is 30.2 Å². The summed E-state index contributed by atoms with van der Waals surface area (Å²) in [4.78, 5) is 13.1. The molecule has 0 radical (unpaired) electrons. The third-order valence-electron chi connectivity index (χ3n) is 3.37. The van der Waals surface area contributed by atoms with Gasteiger partial charge in [-0.05, 0) is 12.1 Å². The molecule has 1 aromatic rings. The number of carboxylic acids is 1. The van der Waals surface area contributed by atoms with Gasteiger partial charge in [0, 0.05) is 19.6 Å². The van der Waals surface area contributed by atoms with E-state index in [1.807, 2.05) is 18.2 Å². The first-order valence-electron chi connectivity index (χ1n) is 5.85. The molecule has 0 saturated carbocycles. The number of carbonyl (C=O) groups is 1. The molecule has 0 bridgehead atoms. The number of nitrogens with one attached hydrogen (secondary N) is 2. The van der Waals surface area contributed by atoms with Gasteiger partial charge in [-0.1, -0.05) is 6.07 Å². The van der Waals surface area contributed by atoms with Crippen LogP contribution in [0.25, 0.3) is 0 Å². The average Bonchev–Trinajstić information content (AvgIpc) is 2.33. The maximum atomic E-state index is 10.9. The summed E-state index contributed by atoms with van der Waals surface area (Å²) < 4.78 is 0. The van der Waals surface area contributed by atoms with E-state index in [1.54, 1.807) is 0 Å². The maximum absolute atomic E-state index is 10.9. The normalized spacial score (nSPS) is 21.2. The van der Waals surface area contributed by atoms with Gasteiger partial charge >= 0.3 is 5.97 Å². The van der Waals surface area contributed by atoms with E-state index in [2.05, 4.69) is 15.5 Å². The molecule has 3 rings (SSSR count). The minimum Gasteiger partial charge on any atom is -0.481 e. The first kappa shape index (κ1) is 10.3. The molecule has 0 spiro atoms. The fraction of sp³-hybridized carbons (Fsp3) is 0.417. The van der Waals surface area contributed by atoms with E-state index in [-0.39, 0.29) is 12.5 Å². The van der Waals surface area contributed by atoms with Crippen LogP contribution in [0.2, 0.25) is 0 Å². The number of benzene rings is 1. The molecule has 2 aliphatic rings. The van der Waals surface area contributed by atoms with Crippen molar-refractivity contribution < 1.29 is 9.90 Å². The van der Waals surface area contributed by atoms with Gasteiger partial charge in [0.15, 0.2) is 0 Å². The minimum atomic E-state index is -0.740. The number of nitrogens with zero attached hydrogens (tertiary/aromatic N) is 1. The first-order valence-corrected chi connectivity index (χ1v) is 5.85. The molecule has 5 heteroatoms. The van der Waals surface area contributed by atoms with Crippen molar-refractivity contribution in [1.29, 1.82) is 0 Å². The Labute approximate surface area is 99.4 Å². The topological polar surface area (TPSA) is 64.6 Å². The molecule has 0 amide bonds. The molecule has 1 aromatic carbocycles. The second-order valence-electron chi connectivity index (χ2n) is 4.45. The van der Waals surface area contributed by atoms with Crippen molar-refractivity contribution in [2.24, 2.45) is 0 Å². The Bertz CT molecular complexity index is 447. The number of anilines is 3. The lowest BCUT2D eigenvalue weighted by atomic mass is 10.0. The lowest BCUT2D eigenvalue weighted by molar-refractivity contribution is -0.137. The number of hydrogen-bond donors (Lipinski definition) is 3. The van der Waals surface area contributed by atoms with Crippen molar-refractivity contribution >= 4 is 23.0 Å². The zero-order valence-corrected chi connectivity index (χ0v) is 9.44. The van der Waals surface area contributed by atoms with Crippen LogP contribution in [0.15, 0.2) is 18.2 Å². The summed E-state index contributed by atoms with van der Waals surface area (Å²) in [5, 5.41) is 15.6. The highest BCUT2D eigenvalue weighted by atomic mass is 16.4. The molecular weight excluding hydrogens is 218 g/mol. The predicted molar refractivity (Wildman–Crippen MR) is 66.8 cm³/mol. The summed E-state index contributed by atoms with van der Waals surface area (Å²) in [6, 6.07) is 6.13. The lowest BCUT2D eigenvalue weighted by Gasteiger charge is -2.42. The summed E-state index contributed by atoms with van der Waals surface area (Å²) in [7, 11) is 0. The summed E-state index contributed by atoms with van der Waals surface area (Å²) in [5.41, 5.74) is 3.31. The molecule has 1 unspecified atom stereocenters. The molecule has 90 valence electrons. The number of rotatable bonds is 2. The highest BCUT2D eigenvalue weighted by Gasteiger charge is 2.31. The minimum absolute atomic E-state index is 0.0447. The standard InChI is InChI=1S/C12H15N3O2/c16-11(17)6-8-7-14-10-3-1-2-9-12(10)15(8)5-4-13-9/h1-3,8,13-14H,4-7H2,(H,16,17). The maximum Gasteiger partial charge on any atom is 0.305 e. The quantitative estimate of drug-likeness (QED) is 0.716. The Morgan fingerprint density at radius 2 is 2.18 bits per heavy atom. The third-order valence-corrected chi connectivity index (χ3v) is 3.37. The van der Waals surface area contributed by atoms with Gasteiger partial charge in [-0.2, -0.15) is 0 Å². The van der Waals surface area contributed by atoms with E-state index >= 15 is 0 Å². The van der Waals surface area contributed by atoms with Crippen molar-refractivity contribution in [2.45, 2.75) is 12.5 Å². The molecule has 0 fully saturated rings. The summed E-state index contributed by atoms with van der Waals surface area (Å²) in [6.07, 6.45) is 0.181. The van der Waals surface area contributed by atoms with Gasteiger partial charge in [0.25, 0.3) is 0 Å². The Hall–Kier alpha value is -1.91. The van der Waals surface area contributed by atoms with Crippen LogP contribution in [-0.2, 0) is 4.79 Å². The molecule has 1 atom stereocenters. The Balaban J connectivity index is 1.98. The number of para-hydroxylation sites is 1. The second kappa shape index (κ2) is 3.84. The third kappa shape index (κ3) is 1.67. The van der Waals surface area contributed by atoms with Crippen LogP contribution in [0.1, 0.15) is 6.42 Å². The second-order valence-corrected chi connectivity index (χ2v) is 4.45. The zero-order chi connectivity index (χ0) is 11.8. The fourth-order valence-electron chi connectivity index (χ4n) is 2.65. The number of carboxylic acid groups (broad SMARTS) is 1. The molecule has 3 N–H and O–H groups in total. The van der Waals surface area contributed by atoms with Crippen molar-refractivity contribution in [3.63, 3.8) is 0 Å². The molecule has 5 nitrogen and oxygen atoms in total. The molecule has 2 aliphatic heterocycles. The Kier molecular flexibility index (Phi) is 2.31. The fourth-order valence-corrected chi connectivity index (χ4v) is 2.65. The van der Waals surface area contributed by atoms with E-state index in [4.69, 9.17) is 5.11 Å². The van der Waals surface area contributed by atoms with Crippen molar-refractivity contribution in [3.05, 3.63) is 18.2 Å². The van der Waals surface area contributed by atoms with Crippen LogP contribution in [0.4, 0.5) is 17.1 Å². The van der Waals surface area contributed by atoms with Crippen molar-refractivity contribution in [2.75, 3.05) is 35.2 Å². The van der Waals surface area contributed by atoms with Gasteiger partial charge in [0.1, 0.15) is 0 Å². The molecule has 0 aromatic heterocycles. The van der Waals surface area contributed by atoms with E-state index in [1.165, 1.54) is 0 Å². The Morgan fingerprint density at radius 1 is 1.41 bits per heavy atom. The van der Waals surface area contributed by atoms with Gasteiger partial charge < -0.3 is 20.6 Å².